The molecule has 1 amide bonds. The van der Waals surface area contributed by atoms with Gasteiger partial charge in [0.25, 0.3) is 5.91 Å². The minimum atomic E-state index is -5.14. The molecule has 0 aromatic heterocycles. The molecule has 0 aliphatic rings. The van der Waals surface area contributed by atoms with Gasteiger partial charge in [-0.05, 0) is 12.1 Å². The molecule has 5 nitrogen and oxygen atoms in total. The van der Waals surface area contributed by atoms with Crippen LogP contribution >= 0.6 is 0 Å². The molecule has 2 N–H and O–H groups in total. The first-order chi connectivity index (χ1) is 6.40. The maximum atomic E-state index is 12.1. The van der Waals surface area contributed by atoms with Gasteiger partial charge in [0, 0.05) is 0 Å². The molecule has 1 rings (SSSR count). The van der Waals surface area contributed by atoms with Crippen molar-refractivity contribution in [3.05, 3.63) is 29.8 Å². The Morgan fingerprint density at radius 3 is 2.43 bits per heavy atom. The zero-order valence-corrected chi connectivity index (χ0v) is 7.62. The minimum Gasteiger partial charge on any atom is -0.365 e. The van der Waals surface area contributed by atoms with E-state index in [9.17, 15) is 17.1 Å². The van der Waals surface area contributed by atoms with Crippen LogP contribution in [0.2, 0.25) is 0 Å². The fraction of sp³-hybridized carbons (Fsp3) is 0. The van der Waals surface area contributed by atoms with E-state index in [0.717, 1.165) is 6.07 Å². The Bertz CT molecular complexity index is 457. The lowest BCUT2D eigenvalue weighted by Crippen LogP contribution is -2.14. The Morgan fingerprint density at radius 1 is 1.36 bits per heavy atom. The Hall–Kier alpha value is -1.63. The molecule has 0 atom stereocenters. The standard InChI is InChI=1S/C7H6FNO4S/c8-14(11,12)13-6-4-2-1-3-5(6)7(9)10/h1-4H,(H2,9,10). The number of halogens is 1. The summed E-state index contributed by atoms with van der Waals surface area (Å²) in [7, 11) is -5.14. The van der Waals surface area contributed by atoms with Crippen LogP contribution in [0.5, 0.6) is 5.75 Å². The summed E-state index contributed by atoms with van der Waals surface area (Å²) in [5.74, 6) is -1.33. The summed E-state index contributed by atoms with van der Waals surface area (Å²) in [5.41, 5.74) is 4.70. The number of hydrogen-bond acceptors (Lipinski definition) is 4. The summed E-state index contributed by atoms with van der Waals surface area (Å²) in [6.45, 7) is 0. The highest BCUT2D eigenvalue weighted by Gasteiger charge is 2.15. The van der Waals surface area contributed by atoms with E-state index in [0.29, 0.717) is 0 Å². The molecule has 0 heterocycles. The van der Waals surface area contributed by atoms with Crippen LogP contribution in [-0.2, 0) is 10.5 Å². The van der Waals surface area contributed by atoms with Gasteiger partial charge in [-0.3, -0.25) is 4.79 Å². The van der Waals surface area contributed by atoms with Crippen LogP contribution in [0.15, 0.2) is 24.3 Å². The third kappa shape index (κ3) is 2.70. The van der Waals surface area contributed by atoms with E-state index >= 15 is 0 Å². The fourth-order valence-corrected chi connectivity index (χ4v) is 1.21. The second kappa shape index (κ2) is 3.62. The van der Waals surface area contributed by atoms with Crippen LogP contribution in [0.3, 0.4) is 0 Å². The number of benzene rings is 1. The van der Waals surface area contributed by atoms with Gasteiger partial charge >= 0.3 is 10.5 Å². The van der Waals surface area contributed by atoms with Crippen molar-refractivity contribution >= 4 is 16.4 Å². The molecule has 0 aliphatic heterocycles. The van der Waals surface area contributed by atoms with Crippen LogP contribution in [0.4, 0.5) is 3.89 Å². The normalized spacial score (nSPS) is 10.9. The van der Waals surface area contributed by atoms with E-state index in [1.54, 1.807) is 0 Å². The number of hydrogen-bond donors (Lipinski definition) is 1. The Kier molecular flexibility index (Phi) is 2.70. The first-order valence-electron chi connectivity index (χ1n) is 3.43. The molecule has 76 valence electrons. The Morgan fingerprint density at radius 2 is 1.93 bits per heavy atom. The molecular formula is C7H6FNO4S. The maximum absolute atomic E-state index is 12.1. The second-order valence-corrected chi connectivity index (χ2v) is 3.29. The van der Waals surface area contributed by atoms with Crippen LogP contribution in [0.25, 0.3) is 0 Å². The van der Waals surface area contributed by atoms with Gasteiger partial charge in [-0.25, -0.2) is 0 Å². The number of para-hydroxylation sites is 1. The fourth-order valence-electron chi connectivity index (χ4n) is 0.850. The summed E-state index contributed by atoms with van der Waals surface area (Å²) in [6, 6.07) is 5.17. The van der Waals surface area contributed by atoms with Crippen LogP contribution in [0, 0.1) is 0 Å². The number of nitrogens with two attached hydrogens (primary N) is 1. The maximum Gasteiger partial charge on any atom is 0.488 e. The lowest BCUT2D eigenvalue weighted by atomic mass is 10.2. The second-order valence-electron chi connectivity index (χ2n) is 2.34. The number of rotatable bonds is 3. The predicted molar refractivity (Wildman–Crippen MR) is 45.6 cm³/mol. The van der Waals surface area contributed by atoms with E-state index in [1.807, 2.05) is 0 Å². The number of carbonyl (C=O) groups excluding carboxylic acids is 1. The average molecular weight is 219 g/mol. The van der Waals surface area contributed by atoms with E-state index in [2.05, 4.69) is 4.18 Å². The van der Waals surface area contributed by atoms with E-state index in [-0.39, 0.29) is 5.56 Å². The molecule has 0 saturated heterocycles. The van der Waals surface area contributed by atoms with Gasteiger partial charge in [-0.15, -0.1) is 0 Å². The Labute approximate surface area is 79.7 Å². The van der Waals surface area contributed by atoms with E-state index in [4.69, 9.17) is 5.73 Å². The molecule has 1 aromatic carbocycles. The summed E-state index contributed by atoms with van der Waals surface area (Å²) in [5, 5.41) is 0. The largest absolute Gasteiger partial charge is 0.488 e. The van der Waals surface area contributed by atoms with Crippen molar-refractivity contribution in [3.63, 3.8) is 0 Å². The molecule has 0 spiro atoms. The van der Waals surface area contributed by atoms with Crippen molar-refractivity contribution in [2.45, 2.75) is 0 Å². The first kappa shape index (κ1) is 10.5. The van der Waals surface area contributed by atoms with Crippen molar-refractivity contribution in [2.24, 2.45) is 5.73 Å². The summed E-state index contributed by atoms with van der Waals surface area (Å²) in [4.78, 5) is 10.7. The quantitative estimate of drug-likeness (QED) is 0.744. The number of primary amides is 1. The highest BCUT2D eigenvalue weighted by molar-refractivity contribution is 7.81. The number of carbonyl (C=O) groups is 1. The highest BCUT2D eigenvalue weighted by Crippen LogP contribution is 2.19. The smallest absolute Gasteiger partial charge is 0.365 e. The third-order valence-corrected chi connectivity index (χ3v) is 1.72. The van der Waals surface area contributed by atoms with Crippen molar-refractivity contribution in [3.8, 4) is 5.75 Å². The molecule has 14 heavy (non-hydrogen) atoms. The molecule has 7 heteroatoms. The van der Waals surface area contributed by atoms with Crippen molar-refractivity contribution < 1.29 is 21.3 Å². The van der Waals surface area contributed by atoms with E-state index < -0.39 is 22.2 Å². The molecular weight excluding hydrogens is 213 g/mol. The zero-order valence-electron chi connectivity index (χ0n) is 6.81. The summed E-state index contributed by atoms with van der Waals surface area (Å²) < 4.78 is 36.3. The van der Waals surface area contributed by atoms with E-state index in [1.165, 1.54) is 18.2 Å². The summed E-state index contributed by atoms with van der Waals surface area (Å²) >= 11 is 0. The van der Waals surface area contributed by atoms with Gasteiger partial charge in [-0.1, -0.05) is 16.0 Å². The first-order valence-corrected chi connectivity index (χ1v) is 4.74. The lowest BCUT2D eigenvalue weighted by molar-refractivity contribution is 0.0999. The zero-order chi connectivity index (χ0) is 10.8. The van der Waals surface area contributed by atoms with Crippen molar-refractivity contribution in [1.82, 2.24) is 0 Å². The average Bonchev–Trinajstić information content (AvgIpc) is 2.01. The third-order valence-electron chi connectivity index (χ3n) is 1.34. The monoisotopic (exact) mass is 219 g/mol. The van der Waals surface area contributed by atoms with Gasteiger partial charge < -0.3 is 9.92 Å². The Balaban J connectivity index is 3.15. The van der Waals surface area contributed by atoms with Gasteiger partial charge in [0.05, 0.1) is 5.56 Å². The van der Waals surface area contributed by atoms with Gasteiger partial charge in [0.2, 0.25) is 0 Å². The predicted octanol–water partition coefficient (Wildman–Crippen LogP) is 0.379. The SMILES string of the molecule is NC(=O)c1ccccc1OS(=O)(=O)F. The molecule has 0 bridgehead atoms. The van der Waals surface area contributed by atoms with Crippen LogP contribution < -0.4 is 9.92 Å². The van der Waals surface area contributed by atoms with Gasteiger partial charge in [-0.2, -0.15) is 8.42 Å². The van der Waals surface area contributed by atoms with Crippen molar-refractivity contribution in [2.75, 3.05) is 0 Å². The van der Waals surface area contributed by atoms with Crippen LogP contribution in [0.1, 0.15) is 10.4 Å². The minimum absolute atomic E-state index is 0.200. The van der Waals surface area contributed by atoms with Gasteiger partial charge in [0.1, 0.15) is 0 Å². The lowest BCUT2D eigenvalue weighted by Gasteiger charge is -2.03. The van der Waals surface area contributed by atoms with Gasteiger partial charge in [0.15, 0.2) is 5.75 Å². The summed E-state index contributed by atoms with van der Waals surface area (Å²) in [6.07, 6.45) is 0. The molecule has 0 fully saturated rings. The molecule has 1 aromatic rings. The van der Waals surface area contributed by atoms with Crippen LogP contribution in [-0.4, -0.2) is 14.3 Å². The van der Waals surface area contributed by atoms with Crippen molar-refractivity contribution in [1.29, 1.82) is 0 Å². The molecule has 0 radical (unpaired) electrons. The molecule has 0 unspecified atom stereocenters. The molecule has 0 saturated carbocycles. The highest BCUT2D eigenvalue weighted by atomic mass is 32.3. The number of amides is 1. The molecule has 0 aliphatic carbocycles. The topological polar surface area (TPSA) is 86.5 Å².